The Hall–Kier alpha value is -2.95. The van der Waals surface area contributed by atoms with E-state index in [0.29, 0.717) is 32.7 Å². The van der Waals surface area contributed by atoms with E-state index in [1.165, 1.54) is 12.1 Å². The summed E-state index contributed by atoms with van der Waals surface area (Å²) in [7, 11) is 0. The average molecular weight is 397 g/mol. The molecule has 0 aliphatic heterocycles. The summed E-state index contributed by atoms with van der Waals surface area (Å²) in [4.78, 5) is 8.01. The molecule has 0 fully saturated rings. The first-order valence-corrected chi connectivity index (χ1v) is 8.92. The number of aromatic amines is 1. The summed E-state index contributed by atoms with van der Waals surface area (Å²) in [5.41, 5.74) is 3.70. The number of hydrogen-bond donors (Lipinski definition) is 3. The van der Waals surface area contributed by atoms with Crippen molar-refractivity contribution in [2.24, 2.45) is 0 Å². The van der Waals surface area contributed by atoms with E-state index in [4.69, 9.17) is 28.2 Å². The molecule has 4 nitrogen and oxygen atoms in total. The summed E-state index contributed by atoms with van der Waals surface area (Å²) in [6.07, 6.45) is 0. The van der Waals surface area contributed by atoms with Crippen molar-refractivity contribution in [1.82, 2.24) is 9.97 Å². The van der Waals surface area contributed by atoms with Gasteiger partial charge >= 0.3 is 0 Å². The van der Waals surface area contributed by atoms with Crippen LogP contribution < -0.4 is 0 Å². The Kier molecular flexibility index (Phi) is 4.52. The summed E-state index contributed by atoms with van der Waals surface area (Å²) in [6, 6.07) is 19.7. The maximum absolute atomic E-state index is 9.82. The van der Waals surface area contributed by atoms with Crippen LogP contribution in [0.2, 0.25) is 10.0 Å². The lowest BCUT2D eigenvalue weighted by atomic mass is 10.1. The monoisotopic (exact) mass is 396 g/mol. The van der Waals surface area contributed by atoms with Gasteiger partial charge in [0.15, 0.2) is 11.5 Å². The zero-order valence-electron chi connectivity index (χ0n) is 13.9. The highest BCUT2D eigenvalue weighted by atomic mass is 35.5. The molecule has 27 heavy (non-hydrogen) atoms. The molecule has 134 valence electrons. The molecule has 3 aromatic carbocycles. The van der Waals surface area contributed by atoms with Gasteiger partial charge in [0.1, 0.15) is 5.82 Å². The first kappa shape index (κ1) is 17.5. The van der Waals surface area contributed by atoms with Gasteiger partial charge < -0.3 is 15.2 Å². The predicted octanol–water partition coefficient (Wildman–Crippen LogP) is 6.13. The molecule has 1 aromatic heterocycles. The summed E-state index contributed by atoms with van der Waals surface area (Å²) >= 11 is 12.6. The van der Waals surface area contributed by atoms with Crippen LogP contribution in [-0.2, 0) is 0 Å². The third-order valence-electron chi connectivity index (χ3n) is 4.22. The van der Waals surface area contributed by atoms with E-state index in [1.54, 1.807) is 12.1 Å². The van der Waals surface area contributed by atoms with Crippen molar-refractivity contribution in [3.63, 3.8) is 0 Å². The standard InChI is InChI=1S/C21H14Cl2N2O2/c22-15-8-4-7-14(18(15)23)20-19(12-5-2-1-3-6-12)24-21(25-20)13-9-10-16(26)17(27)11-13/h1-11,26-27H,(H,24,25). The van der Waals surface area contributed by atoms with Gasteiger partial charge in [-0.25, -0.2) is 4.98 Å². The van der Waals surface area contributed by atoms with Crippen molar-refractivity contribution in [3.8, 4) is 45.4 Å². The van der Waals surface area contributed by atoms with E-state index < -0.39 is 0 Å². The molecule has 0 saturated heterocycles. The van der Waals surface area contributed by atoms with Crippen molar-refractivity contribution in [2.45, 2.75) is 0 Å². The number of halogens is 2. The highest BCUT2D eigenvalue weighted by Gasteiger charge is 2.18. The highest BCUT2D eigenvalue weighted by Crippen LogP contribution is 2.39. The van der Waals surface area contributed by atoms with Crippen LogP contribution in [-0.4, -0.2) is 20.2 Å². The number of H-pyrrole nitrogens is 1. The van der Waals surface area contributed by atoms with Crippen LogP contribution in [0.25, 0.3) is 33.9 Å². The number of phenols is 2. The smallest absolute Gasteiger partial charge is 0.158 e. The lowest BCUT2D eigenvalue weighted by Crippen LogP contribution is -1.85. The predicted molar refractivity (Wildman–Crippen MR) is 108 cm³/mol. The molecule has 0 spiro atoms. The van der Waals surface area contributed by atoms with Gasteiger partial charge in [-0.1, -0.05) is 65.7 Å². The second-order valence-electron chi connectivity index (χ2n) is 5.98. The molecule has 0 saturated carbocycles. The number of benzene rings is 3. The van der Waals surface area contributed by atoms with Crippen molar-refractivity contribution < 1.29 is 10.2 Å². The third kappa shape index (κ3) is 3.25. The molecule has 0 amide bonds. The molecule has 4 aromatic rings. The molecule has 1 heterocycles. The lowest BCUT2D eigenvalue weighted by Gasteiger charge is -2.06. The molecule has 0 atom stereocenters. The minimum Gasteiger partial charge on any atom is -0.504 e. The van der Waals surface area contributed by atoms with Crippen LogP contribution in [0.1, 0.15) is 0 Å². The first-order chi connectivity index (χ1) is 13.0. The van der Waals surface area contributed by atoms with Crippen LogP contribution in [0.15, 0.2) is 66.7 Å². The number of nitrogens with one attached hydrogen (secondary N) is 1. The lowest BCUT2D eigenvalue weighted by molar-refractivity contribution is 0.404. The number of imidazole rings is 1. The average Bonchev–Trinajstić information content (AvgIpc) is 3.12. The Balaban J connectivity index is 1.95. The molecule has 6 heteroatoms. The maximum atomic E-state index is 9.82. The Morgan fingerprint density at radius 1 is 0.778 bits per heavy atom. The molecule has 3 N–H and O–H groups in total. The van der Waals surface area contributed by atoms with E-state index in [-0.39, 0.29) is 11.5 Å². The van der Waals surface area contributed by atoms with Gasteiger partial charge in [0, 0.05) is 16.7 Å². The van der Waals surface area contributed by atoms with Crippen LogP contribution in [0.3, 0.4) is 0 Å². The first-order valence-electron chi connectivity index (χ1n) is 8.17. The SMILES string of the molecule is Oc1ccc(-c2nc(-c3cccc(Cl)c3Cl)c(-c3ccccc3)[nH]2)cc1O. The van der Waals surface area contributed by atoms with Crippen LogP contribution in [0.5, 0.6) is 11.5 Å². The fourth-order valence-electron chi connectivity index (χ4n) is 2.88. The topological polar surface area (TPSA) is 69.1 Å². The van der Waals surface area contributed by atoms with E-state index >= 15 is 0 Å². The zero-order valence-corrected chi connectivity index (χ0v) is 15.5. The fraction of sp³-hybridized carbons (Fsp3) is 0. The van der Waals surface area contributed by atoms with Gasteiger partial charge in [0.25, 0.3) is 0 Å². The van der Waals surface area contributed by atoms with E-state index in [0.717, 1.165) is 11.3 Å². The van der Waals surface area contributed by atoms with E-state index in [2.05, 4.69) is 4.98 Å². The van der Waals surface area contributed by atoms with Gasteiger partial charge in [-0.15, -0.1) is 0 Å². The van der Waals surface area contributed by atoms with Gasteiger partial charge in [0.05, 0.1) is 21.4 Å². The van der Waals surface area contributed by atoms with Crippen LogP contribution >= 0.6 is 23.2 Å². The van der Waals surface area contributed by atoms with E-state index in [9.17, 15) is 10.2 Å². The normalized spacial score (nSPS) is 10.9. The van der Waals surface area contributed by atoms with Crippen molar-refractivity contribution >= 4 is 23.2 Å². The van der Waals surface area contributed by atoms with Crippen molar-refractivity contribution in [1.29, 1.82) is 0 Å². The largest absolute Gasteiger partial charge is 0.504 e. The molecule has 0 bridgehead atoms. The Labute approximate surface area is 165 Å². The Morgan fingerprint density at radius 3 is 2.30 bits per heavy atom. The molecule has 0 aliphatic rings. The number of hydrogen-bond acceptors (Lipinski definition) is 3. The Bertz CT molecular complexity index is 1120. The summed E-state index contributed by atoms with van der Waals surface area (Å²) in [5.74, 6) is 0.134. The van der Waals surface area contributed by atoms with E-state index in [1.807, 2.05) is 42.5 Å². The fourth-order valence-corrected chi connectivity index (χ4v) is 3.27. The summed E-state index contributed by atoms with van der Waals surface area (Å²) in [6.45, 7) is 0. The number of aromatic hydroxyl groups is 2. The van der Waals surface area contributed by atoms with Crippen molar-refractivity contribution in [2.75, 3.05) is 0 Å². The summed E-state index contributed by atoms with van der Waals surface area (Å²) in [5, 5.41) is 20.2. The third-order valence-corrected chi connectivity index (χ3v) is 5.04. The maximum Gasteiger partial charge on any atom is 0.158 e. The van der Waals surface area contributed by atoms with Gasteiger partial charge in [-0.05, 0) is 24.3 Å². The number of aromatic nitrogens is 2. The Morgan fingerprint density at radius 2 is 1.56 bits per heavy atom. The zero-order chi connectivity index (χ0) is 19.0. The summed E-state index contributed by atoms with van der Waals surface area (Å²) < 4.78 is 0. The molecule has 0 aliphatic carbocycles. The van der Waals surface area contributed by atoms with Crippen LogP contribution in [0, 0.1) is 0 Å². The van der Waals surface area contributed by atoms with Gasteiger partial charge in [-0.2, -0.15) is 0 Å². The molecule has 0 unspecified atom stereocenters. The second-order valence-corrected chi connectivity index (χ2v) is 6.77. The minimum absolute atomic E-state index is 0.188. The molecular weight excluding hydrogens is 383 g/mol. The highest BCUT2D eigenvalue weighted by molar-refractivity contribution is 6.43. The van der Waals surface area contributed by atoms with Gasteiger partial charge in [-0.3, -0.25) is 0 Å². The second kappa shape index (κ2) is 6.99. The molecule has 4 rings (SSSR count). The van der Waals surface area contributed by atoms with Gasteiger partial charge in [0.2, 0.25) is 0 Å². The van der Waals surface area contributed by atoms with Crippen molar-refractivity contribution in [3.05, 3.63) is 76.8 Å². The van der Waals surface area contributed by atoms with Crippen LogP contribution in [0.4, 0.5) is 0 Å². The minimum atomic E-state index is -0.215. The number of phenolic OH excluding ortho intramolecular Hbond substituents is 2. The quantitative estimate of drug-likeness (QED) is 0.364. The number of nitrogens with zero attached hydrogens (tertiary/aromatic N) is 1. The molecular formula is C21H14Cl2N2O2. The number of rotatable bonds is 3. The molecule has 0 radical (unpaired) electrons.